The number of rotatable bonds is 9. The SMILES string of the molecule is COc1ccc(CNC(=O)CSCc2ccc(-c3nc(-c4ccc5c(c4)OCO5)no3)o2)cc1. The van der Waals surface area contributed by atoms with Crippen molar-refractivity contribution in [2.24, 2.45) is 0 Å². The molecule has 174 valence electrons. The van der Waals surface area contributed by atoms with E-state index in [1.165, 1.54) is 11.8 Å². The first kappa shape index (κ1) is 21.9. The van der Waals surface area contributed by atoms with Crippen molar-refractivity contribution in [2.75, 3.05) is 19.7 Å². The number of nitrogens with one attached hydrogen (secondary N) is 1. The molecule has 0 atom stereocenters. The van der Waals surface area contributed by atoms with Crippen molar-refractivity contribution in [1.29, 1.82) is 0 Å². The van der Waals surface area contributed by atoms with Crippen molar-refractivity contribution in [3.63, 3.8) is 0 Å². The third kappa shape index (κ3) is 5.01. The number of carbonyl (C=O) groups is 1. The van der Waals surface area contributed by atoms with E-state index < -0.39 is 0 Å². The van der Waals surface area contributed by atoms with Gasteiger partial charge in [-0.05, 0) is 48.0 Å². The number of thioether (sulfide) groups is 1. The fourth-order valence-corrected chi connectivity index (χ4v) is 4.03. The summed E-state index contributed by atoms with van der Waals surface area (Å²) >= 11 is 1.46. The molecule has 3 heterocycles. The van der Waals surface area contributed by atoms with Gasteiger partial charge in [-0.15, -0.1) is 11.8 Å². The van der Waals surface area contributed by atoms with Crippen molar-refractivity contribution in [3.8, 4) is 40.3 Å². The lowest BCUT2D eigenvalue weighted by molar-refractivity contribution is -0.118. The third-order valence-corrected chi connectivity index (χ3v) is 6.01. The van der Waals surface area contributed by atoms with Gasteiger partial charge >= 0.3 is 0 Å². The number of hydrogen-bond acceptors (Lipinski definition) is 9. The highest BCUT2D eigenvalue weighted by atomic mass is 32.2. The van der Waals surface area contributed by atoms with Gasteiger partial charge in [0.1, 0.15) is 11.5 Å². The molecule has 0 aliphatic carbocycles. The highest BCUT2D eigenvalue weighted by molar-refractivity contribution is 7.99. The zero-order valence-electron chi connectivity index (χ0n) is 18.3. The summed E-state index contributed by atoms with van der Waals surface area (Å²) < 4.78 is 27.0. The van der Waals surface area contributed by atoms with Crippen molar-refractivity contribution in [1.82, 2.24) is 15.5 Å². The fraction of sp³-hybridized carbons (Fsp3) is 0.208. The van der Waals surface area contributed by atoms with Crippen molar-refractivity contribution in [2.45, 2.75) is 12.3 Å². The molecule has 9 nitrogen and oxygen atoms in total. The summed E-state index contributed by atoms with van der Waals surface area (Å²) in [6.07, 6.45) is 0. The Kier molecular flexibility index (Phi) is 6.39. The number of methoxy groups -OCH3 is 1. The normalized spacial score (nSPS) is 12.0. The molecule has 0 unspecified atom stereocenters. The average Bonchev–Trinajstić information content (AvgIpc) is 3.63. The molecule has 0 saturated carbocycles. The molecular weight excluding hydrogens is 458 g/mol. The number of fused-ring (bicyclic) bond motifs is 1. The highest BCUT2D eigenvalue weighted by Gasteiger charge is 2.18. The van der Waals surface area contributed by atoms with E-state index in [-0.39, 0.29) is 18.6 Å². The number of hydrogen-bond donors (Lipinski definition) is 1. The number of carbonyl (C=O) groups excluding carboxylic acids is 1. The standard InChI is InChI=1S/C24H21N3O6S/c1-29-17-5-2-15(3-6-17)11-25-22(28)13-34-12-18-7-9-20(32-18)24-26-23(27-33-24)16-4-8-19-21(10-16)31-14-30-19/h2-10H,11-14H2,1H3,(H,25,28). The molecule has 1 N–H and O–H groups in total. The molecule has 5 rings (SSSR count). The van der Waals surface area contributed by atoms with E-state index in [0.29, 0.717) is 46.9 Å². The number of amides is 1. The summed E-state index contributed by atoms with van der Waals surface area (Å²) in [6.45, 7) is 0.672. The van der Waals surface area contributed by atoms with Crippen LogP contribution in [0.4, 0.5) is 0 Å². The summed E-state index contributed by atoms with van der Waals surface area (Å²) in [5.41, 5.74) is 1.76. The third-order valence-electron chi connectivity index (χ3n) is 5.06. The van der Waals surface area contributed by atoms with Gasteiger partial charge < -0.3 is 28.5 Å². The lowest BCUT2D eigenvalue weighted by Gasteiger charge is -2.06. The van der Waals surface area contributed by atoms with Crippen molar-refractivity contribution >= 4 is 17.7 Å². The van der Waals surface area contributed by atoms with E-state index in [2.05, 4.69) is 15.5 Å². The number of furan rings is 1. The van der Waals surface area contributed by atoms with Crippen LogP contribution in [-0.2, 0) is 17.1 Å². The summed E-state index contributed by atoms with van der Waals surface area (Å²) in [7, 11) is 1.62. The van der Waals surface area contributed by atoms with Gasteiger partial charge in [-0.25, -0.2) is 0 Å². The Bertz CT molecular complexity index is 1280. The first-order valence-electron chi connectivity index (χ1n) is 10.5. The van der Waals surface area contributed by atoms with Gasteiger partial charge in [0.2, 0.25) is 18.5 Å². The van der Waals surface area contributed by atoms with Crippen LogP contribution in [0.3, 0.4) is 0 Å². The molecule has 2 aromatic carbocycles. The Labute approximate surface area is 199 Å². The summed E-state index contributed by atoms with van der Waals surface area (Å²) in [5.74, 6) is 4.83. The molecule has 1 amide bonds. The zero-order chi connectivity index (χ0) is 23.3. The van der Waals surface area contributed by atoms with Gasteiger partial charge in [-0.1, -0.05) is 17.3 Å². The average molecular weight is 480 g/mol. The maximum atomic E-state index is 12.1. The van der Waals surface area contributed by atoms with Crippen molar-refractivity contribution < 1.29 is 27.9 Å². The molecule has 0 spiro atoms. The minimum absolute atomic E-state index is 0.0436. The minimum Gasteiger partial charge on any atom is -0.497 e. The van der Waals surface area contributed by atoms with Crippen LogP contribution >= 0.6 is 11.8 Å². The second-order valence-electron chi connectivity index (χ2n) is 7.37. The maximum Gasteiger partial charge on any atom is 0.293 e. The Morgan fingerprint density at radius 3 is 2.79 bits per heavy atom. The predicted octanol–water partition coefficient (Wildman–Crippen LogP) is 4.28. The molecule has 34 heavy (non-hydrogen) atoms. The van der Waals surface area contributed by atoms with Crippen LogP contribution in [0, 0.1) is 0 Å². The molecule has 0 fully saturated rings. The van der Waals surface area contributed by atoms with Crippen LogP contribution in [-0.4, -0.2) is 35.7 Å². The molecule has 1 aliphatic heterocycles. The van der Waals surface area contributed by atoms with Crippen LogP contribution in [0.25, 0.3) is 23.0 Å². The van der Waals surface area contributed by atoms with E-state index >= 15 is 0 Å². The number of ether oxygens (including phenoxy) is 3. The van der Waals surface area contributed by atoms with E-state index in [4.69, 9.17) is 23.2 Å². The largest absolute Gasteiger partial charge is 0.497 e. The van der Waals surface area contributed by atoms with E-state index in [0.717, 1.165) is 16.9 Å². The molecule has 10 heteroatoms. The smallest absolute Gasteiger partial charge is 0.293 e. The number of nitrogens with zero attached hydrogens (tertiary/aromatic N) is 2. The quantitative estimate of drug-likeness (QED) is 0.376. The summed E-state index contributed by atoms with van der Waals surface area (Å²) in [6, 6.07) is 16.6. The van der Waals surface area contributed by atoms with E-state index in [1.807, 2.05) is 42.5 Å². The topological polar surface area (TPSA) is 109 Å². The second kappa shape index (κ2) is 9.92. The van der Waals surface area contributed by atoms with Gasteiger partial charge in [0.25, 0.3) is 5.89 Å². The minimum atomic E-state index is -0.0436. The number of aromatic nitrogens is 2. The van der Waals surface area contributed by atoms with Crippen LogP contribution in [0.1, 0.15) is 11.3 Å². The Morgan fingerprint density at radius 1 is 1.09 bits per heavy atom. The van der Waals surface area contributed by atoms with Crippen LogP contribution in [0.5, 0.6) is 17.2 Å². The van der Waals surface area contributed by atoms with Gasteiger partial charge in [-0.2, -0.15) is 4.98 Å². The molecule has 2 aromatic heterocycles. The Balaban J connectivity index is 1.11. The lowest BCUT2D eigenvalue weighted by Crippen LogP contribution is -2.24. The highest BCUT2D eigenvalue weighted by Crippen LogP contribution is 2.35. The van der Waals surface area contributed by atoms with Gasteiger partial charge in [0, 0.05) is 12.1 Å². The van der Waals surface area contributed by atoms with Crippen LogP contribution in [0.2, 0.25) is 0 Å². The lowest BCUT2D eigenvalue weighted by atomic mass is 10.2. The number of benzene rings is 2. The predicted molar refractivity (Wildman–Crippen MR) is 125 cm³/mol. The molecule has 0 bridgehead atoms. The van der Waals surface area contributed by atoms with Gasteiger partial charge in [0.15, 0.2) is 17.3 Å². The first-order chi connectivity index (χ1) is 16.7. The molecule has 0 radical (unpaired) electrons. The molecule has 1 aliphatic rings. The van der Waals surface area contributed by atoms with Crippen molar-refractivity contribution in [3.05, 3.63) is 65.9 Å². The van der Waals surface area contributed by atoms with E-state index in [1.54, 1.807) is 19.2 Å². The fourth-order valence-electron chi connectivity index (χ4n) is 3.29. The molecular formula is C24H21N3O6S. The van der Waals surface area contributed by atoms with Crippen LogP contribution < -0.4 is 19.5 Å². The monoisotopic (exact) mass is 479 g/mol. The maximum absolute atomic E-state index is 12.1. The Hall–Kier alpha value is -3.92. The van der Waals surface area contributed by atoms with E-state index in [9.17, 15) is 4.79 Å². The molecule has 4 aromatic rings. The summed E-state index contributed by atoms with van der Waals surface area (Å²) in [5, 5.41) is 6.94. The molecule has 0 saturated heterocycles. The first-order valence-corrected chi connectivity index (χ1v) is 11.6. The van der Waals surface area contributed by atoms with Gasteiger partial charge in [0.05, 0.1) is 18.6 Å². The Morgan fingerprint density at radius 2 is 1.94 bits per heavy atom. The summed E-state index contributed by atoms with van der Waals surface area (Å²) in [4.78, 5) is 16.5. The van der Waals surface area contributed by atoms with Crippen LogP contribution in [0.15, 0.2) is 63.5 Å². The zero-order valence-corrected chi connectivity index (χ0v) is 19.1. The second-order valence-corrected chi connectivity index (χ2v) is 8.36. The van der Waals surface area contributed by atoms with Gasteiger partial charge in [-0.3, -0.25) is 4.79 Å².